The number of nitrogen functional groups attached to an aromatic ring is 1. The molecule has 3 N–H and O–H groups in total. The Morgan fingerprint density at radius 2 is 1.80 bits per heavy atom. The monoisotopic (exact) mass is 336 g/mol. The van der Waals surface area contributed by atoms with Gasteiger partial charge in [0.2, 0.25) is 0 Å². The summed E-state index contributed by atoms with van der Waals surface area (Å²) in [6.07, 6.45) is 3.65. The van der Waals surface area contributed by atoms with Crippen LogP contribution in [0.15, 0.2) is 54.9 Å². The van der Waals surface area contributed by atoms with Gasteiger partial charge in [0.05, 0.1) is 14.2 Å². The van der Waals surface area contributed by atoms with E-state index in [1.54, 1.807) is 20.4 Å². The summed E-state index contributed by atoms with van der Waals surface area (Å²) in [7, 11) is 3.25. The van der Waals surface area contributed by atoms with E-state index in [9.17, 15) is 0 Å². The molecule has 6 nitrogen and oxygen atoms in total. The van der Waals surface area contributed by atoms with Gasteiger partial charge in [-0.2, -0.15) is 0 Å². The largest absolute Gasteiger partial charge is 0.496 e. The Hall–Kier alpha value is -3.28. The number of hydrogen-bond acceptors (Lipinski definition) is 4. The van der Waals surface area contributed by atoms with Gasteiger partial charge in [0, 0.05) is 24.5 Å². The Labute approximate surface area is 146 Å². The maximum atomic E-state index is 7.59. The number of nitrogens with zero attached hydrogens (tertiary/aromatic N) is 2. The van der Waals surface area contributed by atoms with Crippen molar-refractivity contribution < 1.29 is 9.47 Å². The van der Waals surface area contributed by atoms with E-state index < -0.39 is 0 Å². The van der Waals surface area contributed by atoms with Gasteiger partial charge in [-0.15, -0.1) is 0 Å². The third kappa shape index (κ3) is 3.33. The predicted octanol–water partition coefficient (Wildman–Crippen LogP) is 2.90. The molecule has 25 heavy (non-hydrogen) atoms. The third-order valence-corrected chi connectivity index (χ3v) is 3.96. The van der Waals surface area contributed by atoms with Crippen LogP contribution in [-0.4, -0.2) is 29.6 Å². The van der Waals surface area contributed by atoms with Crippen LogP contribution in [-0.2, 0) is 6.54 Å². The minimum atomic E-state index is 0.0547. The summed E-state index contributed by atoms with van der Waals surface area (Å²) < 4.78 is 13.0. The van der Waals surface area contributed by atoms with Crippen molar-refractivity contribution in [2.24, 2.45) is 5.73 Å². The molecule has 128 valence electrons. The molecule has 0 aliphatic rings. The Kier molecular flexibility index (Phi) is 4.70. The number of aromatic nitrogens is 2. The van der Waals surface area contributed by atoms with E-state index in [0.29, 0.717) is 23.6 Å². The second-order valence-electron chi connectivity index (χ2n) is 5.53. The minimum Gasteiger partial charge on any atom is -0.496 e. The van der Waals surface area contributed by atoms with Gasteiger partial charge in [-0.3, -0.25) is 5.41 Å². The van der Waals surface area contributed by atoms with Crippen molar-refractivity contribution in [3.8, 4) is 22.9 Å². The summed E-state index contributed by atoms with van der Waals surface area (Å²) in [6, 6.07) is 13.3. The second-order valence-corrected chi connectivity index (χ2v) is 5.53. The first-order valence-electron chi connectivity index (χ1n) is 7.80. The highest BCUT2D eigenvalue weighted by atomic mass is 16.5. The molecular formula is C19H20N4O2. The lowest BCUT2D eigenvalue weighted by atomic mass is 10.1. The van der Waals surface area contributed by atoms with Gasteiger partial charge >= 0.3 is 0 Å². The highest BCUT2D eigenvalue weighted by Crippen LogP contribution is 2.37. The molecule has 6 heteroatoms. The molecule has 0 bridgehead atoms. The molecule has 0 unspecified atom stereocenters. The van der Waals surface area contributed by atoms with Gasteiger partial charge in [-0.05, 0) is 23.8 Å². The van der Waals surface area contributed by atoms with Gasteiger partial charge in [0.25, 0.3) is 0 Å². The van der Waals surface area contributed by atoms with E-state index >= 15 is 0 Å². The maximum Gasteiger partial charge on any atom is 0.147 e. The molecule has 3 rings (SSSR count). The molecule has 0 radical (unpaired) electrons. The van der Waals surface area contributed by atoms with Crippen LogP contribution in [0.25, 0.3) is 11.4 Å². The van der Waals surface area contributed by atoms with Crippen molar-refractivity contribution in [1.82, 2.24) is 9.55 Å². The number of imidazole rings is 1. The quantitative estimate of drug-likeness (QED) is 0.535. The summed E-state index contributed by atoms with van der Waals surface area (Å²) in [5.41, 5.74) is 8.12. The van der Waals surface area contributed by atoms with Crippen LogP contribution < -0.4 is 15.2 Å². The number of rotatable bonds is 6. The van der Waals surface area contributed by atoms with E-state index in [1.165, 1.54) is 0 Å². The van der Waals surface area contributed by atoms with E-state index in [0.717, 1.165) is 17.0 Å². The van der Waals surface area contributed by atoms with Crippen LogP contribution in [0.1, 0.15) is 11.1 Å². The van der Waals surface area contributed by atoms with Gasteiger partial charge in [0.1, 0.15) is 28.7 Å². The smallest absolute Gasteiger partial charge is 0.147 e. The number of benzene rings is 2. The van der Waals surface area contributed by atoms with Crippen molar-refractivity contribution >= 4 is 5.84 Å². The molecule has 0 fully saturated rings. The van der Waals surface area contributed by atoms with Gasteiger partial charge < -0.3 is 19.8 Å². The minimum absolute atomic E-state index is 0.0547. The van der Waals surface area contributed by atoms with Crippen LogP contribution in [0.2, 0.25) is 0 Å². The van der Waals surface area contributed by atoms with Crippen LogP contribution in [0.4, 0.5) is 0 Å². The number of hydrogen-bond donors (Lipinski definition) is 2. The first-order chi connectivity index (χ1) is 12.1. The van der Waals surface area contributed by atoms with E-state index in [4.69, 9.17) is 20.6 Å². The number of nitrogens with one attached hydrogen (secondary N) is 1. The molecule has 1 aromatic heterocycles. The Morgan fingerprint density at radius 3 is 2.44 bits per heavy atom. The Morgan fingerprint density at radius 1 is 1.12 bits per heavy atom. The molecule has 0 aliphatic carbocycles. The van der Waals surface area contributed by atoms with Gasteiger partial charge in [-0.25, -0.2) is 4.98 Å². The molecule has 0 aliphatic heterocycles. The van der Waals surface area contributed by atoms with Crippen molar-refractivity contribution in [1.29, 1.82) is 5.41 Å². The van der Waals surface area contributed by atoms with Crippen molar-refractivity contribution in [2.75, 3.05) is 14.2 Å². The molecular weight excluding hydrogens is 316 g/mol. The first kappa shape index (κ1) is 16.6. The lowest BCUT2D eigenvalue weighted by Gasteiger charge is -2.15. The van der Waals surface area contributed by atoms with Gasteiger partial charge in [-0.1, -0.05) is 24.3 Å². The molecule has 3 aromatic rings. The number of methoxy groups -OCH3 is 2. The molecule has 0 saturated heterocycles. The number of amidine groups is 1. The topological polar surface area (TPSA) is 86.2 Å². The third-order valence-electron chi connectivity index (χ3n) is 3.96. The van der Waals surface area contributed by atoms with Crippen molar-refractivity contribution in [2.45, 2.75) is 6.54 Å². The van der Waals surface area contributed by atoms with E-state index in [1.807, 2.05) is 53.2 Å². The number of ether oxygens (including phenoxy) is 2. The average Bonchev–Trinajstić information content (AvgIpc) is 3.08. The second kappa shape index (κ2) is 7.09. The predicted molar refractivity (Wildman–Crippen MR) is 97.3 cm³/mol. The fourth-order valence-corrected chi connectivity index (χ4v) is 2.77. The summed E-state index contributed by atoms with van der Waals surface area (Å²) in [5, 5.41) is 7.59. The lowest BCUT2D eigenvalue weighted by molar-refractivity contribution is 0.396. The summed E-state index contributed by atoms with van der Waals surface area (Å²) in [6.45, 7) is 0.595. The zero-order valence-corrected chi connectivity index (χ0v) is 14.2. The first-order valence-corrected chi connectivity index (χ1v) is 7.80. The Bertz CT molecular complexity index is 880. The summed E-state index contributed by atoms with van der Waals surface area (Å²) >= 11 is 0. The summed E-state index contributed by atoms with van der Waals surface area (Å²) in [5.74, 6) is 2.20. The van der Waals surface area contributed by atoms with Crippen LogP contribution in [0.5, 0.6) is 11.5 Å². The fourth-order valence-electron chi connectivity index (χ4n) is 2.77. The maximum absolute atomic E-state index is 7.59. The Balaban J connectivity index is 2.02. The van der Waals surface area contributed by atoms with Crippen LogP contribution >= 0.6 is 0 Å². The SMILES string of the molecule is COc1cccc(OC)c1-c1nccn1Cc1cccc(C(=N)N)c1. The van der Waals surface area contributed by atoms with Gasteiger partial charge in [0.15, 0.2) is 0 Å². The average molecular weight is 336 g/mol. The van der Waals surface area contributed by atoms with E-state index in [-0.39, 0.29) is 5.84 Å². The lowest BCUT2D eigenvalue weighted by Crippen LogP contribution is -2.11. The molecule has 0 atom stereocenters. The van der Waals surface area contributed by atoms with Crippen LogP contribution in [0.3, 0.4) is 0 Å². The molecule has 1 heterocycles. The van der Waals surface area contributed by atoms with Crippen molar-refractivity contribution in [3.63, 3.8) is 0 Å². The van der Waals surface area contributed by atoms with E-state index in [2.05, 4.69) is 4.98 Å². The summed E-state index contributed by atoms with van der Waals surface area (Å²) in [4.78, 5) is 4.49. The standard InChI is InChI=1S/C19H20N4O2/c1-24-15-7-4-8-16(25-2)17(15)19-22-9-10-23(19)12-13-5-3-6-14(11-13)18(20)21/h3-11H,12H2,1-2H3,(H3,20,21). The molecule has 0 amide bonds. The highest BCUT2D eigenvalue weighted by molar-refractivity contribution is 5.95. The zero-order valence-electron chi connectivity index (χ0n) is 14.2. The molecule has 0 spiro atoms. The number of nitrogens with two attached hydrogens (primary N) is 1. The zero-order chi connectivity index (χ0) is 17.8. The van der Waals surface area contributed by atoms with Crippen LogP contribution in [0, 0.1) is 5.41 Å². The normalized spacial score (nSPS) is 10.5. The highest BCUT2D eigenvalue weighted by Gasteiger charge is 2.17. The molecule has 0 saturated carbocycles. The fraction of sp³-hybridized carbons (Fsp3) is 0.158. The molecule has 2 aromatic carbocycles. The van der Waals surface area contributed by atoms with Crippen molar-refractivity contribution in [3.05, 3.63) is 66.0 Å².